The van der Waals surface area contributed by atoms with E-state index in [1.54, 1.807) is 6.07 Å². The number of nitrogens with one attached hydrogen (secondary N) is 2. The van der Waals surface area contributed by atoms with E-state index in [0.717, 1.165) is 5.56 Å². The minimum atomic E-state index is -1.10. The minimum absolute atomic E-state index is 0.138. The first-order chi connectivity index (χ1) is 11.1. The van der Waals surface area contributed by atoms with Gasteiger partial charge >= 0.3 is 12.0 Å². The Kier molecular flexibility index (Phi) is 6.76. The lowest BCUT2D eigenvalue weighted by atomic mass is 9.86. The summed E-state index contributed by atoms with van der Waals surface area (Å²) in [5.74, 6) is -0.819. The highest BCUT2D eigenvalue weighted by Crippen LogP contribution is 2.30. The fourth-order valence-corrected chi connectivity index (χ4v) is 1.91. The van der Waals surface area contributed by atoms with Gasteiger partial charge in [-0.2, -0.15) is 0 Å². The molecule has 24 heavy (non-hydrogen) atoms. The van der Waals surface area contributed by atoms with E-state index in [4.69, 9.17) is 9.47 Å². The second-order valence-corrected chi connectivity index (χ2v) is 6.24. The standard InChI is InChI=1S/C17H24N2O5/c1-11(15(21)19-16(22)18-5)24-14(20)10-23-13-9-7-6-8-12(13)17(2,3)4/h6-9,11H,10H2,1-5H3,(H2,18,19,21,22)/t11-/m0/s1. The number of carbonyl (C=O) groups is 3. The van der Waals surface area contributed by atoms with Crippen molar-refractivity contribution in [1.82, 2.24) is 10.6 Å². The number of hydrogen-bond acceptors (Lipinski definition) is 5. The molecule has 0 aliphatic heterocycles. The average Bonchev–Trinajstić information content (AvgIpc) is 2.52. The number of imide groups is 1. The fourth-order valence-electron chi connectivity index (χ4n) is 1.91. The van der Waals surface area contributed by atoms with Crippen molar-refractivity contribution in [3.63, 3.8) is 0 Å². The molecule has 132 valence electrons. The lowest BCUT2D eigenvalue weighted by Crippen LogP contribution is -2.43. The number of ether oxygens (including phenoxy) is 2. The van der Waals surface area contributed by atoms with Gasteiger partial charge in [0.15, 0.2) is 12.7 Å². The van der Waals surface area contributed by atoms with Crippen LogP contribution in [0.3, 0.4) is 0 Å². The SMILES string of the molecule is CNC(=O)NC(=O)[C@H](C)OC(=O)COc1ccccc1C(C)(C)C. The highest BCUT2D eigenvalue weighted by molar-refractivity contribution is 5.97. The molecule has 7 heteroatoms. The van der Waals surface area contributed by atoms with Gasteiger partial charge in [-0.25, -0.2) is 9.59 Å². The van der Waals surface area contributed by atoms with Gasteiger partial charge in [0.25, 0.3) is 5.91 Å². The number of para-hydroxylation sites is 1. The zero-order chi connectivity index (χ0) is 18.3. The highest BCUT2D eigenvalue weighted by Gasteiger charge is 2.22. The molecule has 0 unspecified atom stereocenters. The summed E-state index contributed by atoms with van der Waals surface area (Å²) in [6.45, 7) is 7.17. The second-order valence-electron chi connectivity index (χ2n) is 6.24. The molecule has 0 radical (unpaired) electrons. The van der Waals surface area contributed by atoms with Crippen molar-refractivity contribution < 1.29 is 23.9 Å². The molecule has 0 aliphatic rings. The van der Waals surface area contributed by atoms with Crippen molar-refractivity contribution in [3.05, 3.63) is 29.8 Å². The van der Waals surface area contributed by atoms with E-state index in [0.29, 0.717) is 5.75 Å². The van der Waals surface area contributed by atoms with Crippen molar-refractivity contribution in [2.45, 2.75) is 39.2 Å². The van der Waals surface area contributed by atoms with Crippen LogP contribution in [0.2, 0.25) is 0 Å². The number of esters is 1. The molecule has 1 aromatic carbocycles. The highest BCUT2D eigenvalue weighted by atomic mass is 16.6. The molecule has 0 heterocycles. The van der Waals surface area contributed by atoms with Crippen molar-refractivity contribution in [2.75, 3.05) is 13.7 Å². The number of carbonyl (C=O) groups excluding carboxylic acids is 3. The summed E-state index contributed by atoms with van der Waals surface area (Å²) < 4.78 is 10.5. The predicted octanol–water partition coefficient (Wildman–Crippen LogP) is 1.75. The molecule has 3 amide bonds. The smallest absolute Gasteiger partial charge is 0.344 e. The first-order valence-corrected chi connectivity index (χ1v) is 7.59. The molecule has 7 nitrogen and oxygen atoms in total. The lowest BCUT2D eigenvalue weighted by Gasteiger charge is -2.22. The van der Waals surface area contributed by atoms with Crippen LogP contribution in [-0.2, 0) is 19.7 Å². The first-order valence-electron chi connectivity index (χ1n) is 7.59. The number of amides is 3. The van der Waals surface area contributed by atoms with E-state index in [1.807, 2.05) is 44.3 Å². The summed E-state index contributed by atoms with van der Waals surface area (Å²) in [7, 11) is 1.37. The third kappa shape index (κ3) is 5.91. The predicted molar refractivity (Wildman–Crippen MR) is 88.8 cm³/mol. The van der Waals surface area contributed by atoms with E-state index in [2.05, 4.69) is 5.32 Å². The molecule has 0 aliphatic carbocycles. The van der Waals surface area contributed by atoms with Crippen LogP contribution in [0.15, 0.2) is 24.3 Å². The molecule has 1 aromatic rings. The fraction of sp³-hybridized carbons (Fsp3) is 0.471. The van der Waals surface area contributed by atoms with Crippen LogP contribution < -0.4 is 15.4 Å². The molecule has 0 saturated carbocycles. The van der Waals surface area contributed by atoms with Crippen LogP contribution in [0.1, 0.15) is 33.3 Å². The zero-order valence-electron chi connectivity index (χ0n) is 14.6. The quantitative estimate of drug-likeness (QED) is 0.799. The normalized spacial score (nSPS) is 12.0. The largest absolute Gasteiger partial charge is 0.482 e. The summed E-state index contributed by atoms with van der Waals surface area (Å²) in [6, 6.07) is 6.75. The van der Waals surface area contributed by atoms with E-state index >= 15 is 0 Å². The number of benzene rings is 1. The molecule has 0 bridgehead atoms. The van der Waals surface area contributed by atoms with E-state index in [-0.39, 0.29) is 12.0 Å². The van der Waals surface area contributed by atoms with E-state index in [1.165, 1.54) is 14.0 Å². The van der Waals surface area contributed by atoms with Gasteiger partial charge in [0.1, 0.15) is 5.75 Å². The van der Waals surface area contributed by atoms with Crippen LogP contribution in [0.4, 0.5) is 4.79 Å². The van der Waals surface area contributed by atoms with Gasteiger partial charge in [-0.05, 0) is 24.0 Å². The molecule has 1 rings (SSSR count). The van der Waals surface area contributed by atoms with Crippen LogP contribution in [-0.4, -0.2) is 37.7 Å². The summed E-state index contributed by atoms with van der Waals surface area (Å²) in [5.41, 5.74) is 0.824. The number of rotatable bonds is 5. The maximum atomic E-state index is 11.8. The average molecular weight is 336 g/mol. The van der Waals surface area contributed by atoms with E-state index in [9.17, 15) is 14.4 Å². The molecule has 1 atom stereocenters. The Balaban J connectivity index is 2.59. The zero-order valence-corrected chi connectivity index (χ0v) is 14.6. The third-order valence-corrected chi connectivity index (χ3v) is 3.18. The van der Waals surface area contributed by atoms with Gasteiger partial charge in [-0.15, -0.1) is 0 Å². The summed E-state index contributed by atoms with van der Waals surface area (Å²) >= 11 is 0. The Morgan fingerprint density at radius 2 is 1.79 bits per heavy atom. The van der Waals surface area contributed by atoms with Crippen LogP contribution >= 0.6 is 0 Å². The molecular formula is C17H24N2O5. The lowest BCUT2D eigenvalue weighted by molar-refractivity contribution is -0.156. The Labute approximate surface area is 141 Å². The van der Waals surface area contributed by atoms with Gasteiger partial charge in [0.2, 0.25) is 0 Å². The van der Waals surface area contributed by atoms with Crippen LogP contribution in [0.5, 0.6) is 5.75 Å². The maximum absolute atomic E-state index is 11.8. The Hall–Kier alpha value is -2.57. The number of urea groups is 1. The molecule has 2 N–H and O–H groups in total. The van der Waals surface area contributed by atoms with Crippen molar-refractivity contribution in [3.8, 4) is 5.75 Å². The van der Waals surface area contributed by atoms with Gasteiger partial charge in [0.05, 0.1) is 0 Å². The van der Waals surface area contributed by atoms with E-state index < -0.39 is 24.0 Å². The Bertz CT molecular complexity index is 607. The van der Waals surface area contributed by atoms with Gasteiger partial charge in [0, 0.05) is 7.05 Å². The molecule has 0 spiro atoms. The maximum Gasteiger partial charge on any atom is 0.344 e. The summed E-state index contributed by atoms with van der Waals surface area (Å²) in [4.78, 5) is 34.5. The minimum Gasteiger partial charge on any atom is -0.482 e. The van der Waals surface area contributed by atoms with Crippen molar-refractivity contribution in [2.24, 2.45) is 0 Å². The van der Waals surface area contributed by atoms with Crippen LogP contribution in [0, 0.1) is 0 Å². The number of hydrogen-bond donors (Lipinski definition) is 2. The Morgan fingerprint density at radius 1 is 1.17 bits per heavy atom. The second kappa shape index (κ2) is 8.33. The summed E-state index contributed by atoms with van der Waals surface area (Å²) in [5, 5.41) is 4.27. The Morgan fingerprint density at radius 3 is 2.38 bits per heavy atom. The van der Waals surface area contributed by atoms with Gasteiger partial charge < -0.3 is 14.8 Å². The van der Waals surface area contributed by atoms with Crippen LogP contribution in [0.25, 0.3) is 0 Å². The van der Waals surface area contributed by atoms with Gasteiger partial charge in [-0.3, -0.25) is 10.1 Å². The van der Waals surface area contributed by atoms with Crippen molar-refractivity contribution >= 4 is 17.9 Å². The van der Waals surface area contributed by atoms with Crippen molar-refractivity contribution in [1.29, 1.82) is 0 Å². The van der Waals surface area contributed by atoms with Gasteiger partial charge in [-0.1, -0.05) is 39.0 Å². The molecular weight excluding hydrogens is 312 g/mol. The monoisotopic (exact) mass is 336 g/mol. The molecule has 0 fully saturated rings. The first kappa shape index (κ1) is 19.5. The molecule has 0 saturated heterocycles. The molecule has 0 aromatic heterocycles. The third-order valence-electron chi connectivity index (χ3n) is 3.18. The topological polar surface area (TPSA) is 93.7 Å². The summed E-state index contributed by atoms with van der Waals surface area (Å²) in [6.07, 6.45) is -1.10.